The number of nitrogens with zero attached hydrogens (tertiary/aromatic N) is 1. The maximum Gasteiger partial charge on any atom is 0.254 e. The highest BCUT2D eigenvalue weighted by molar-refractivity contribution is 7.92. The lowest BCUT2D eigenvalue weighted by atomic mass is 10.1. The quantitative estimate of drug-likeness (QED) is 0.897. The van der Waals surface area contributed by atoms with Gasteiger partial charge in [-0.2, -0.15) is 0 Å². The van der Waals surface area contributed by atoms with Crippen molar-refractivity contribution in [1.29, 1.82) is 0 Å². The first-order valence-electron chi connectivity index (χ1n) is 6.33. The van der Waals surface area contributed by atoms with E-state index in [2.05, 4.69) is 4.72 Å². The smallest absolute Gasteiger partial charge is 0.254 e. The Hall–Kier alpha value is -1.60. The average molecular weight is 298 g/mol. The Morgan fingerprint density at radius 3 is 2.55 bits per heavy atom. The lowest BCUT2D eigenvalue weighted by molar-refractivity contribution is 0.0302. The van der Waals surface area contributed by atoms with Crippen molar-refractivity contribution in [3.8, 4) is 0 Å². The molecule has 0 radical (unpaired) electrons. The number of benzene rings is 1. The average Bonchev–Trinajstić information content (AvgIpc) is 2.40. The van der Waals surface area contributed by atoms with Gasteiger partial charge in [-0.05, 0) is 24.6 Å². The molecule has 0 spiro atoms. The third kappa shape index (κ3) is 3.49. The van der Waals surface area contributed by atoms with Crippen LogP contribution in [0.5, 0.6) is 0 Å². The van der Waals surface area contributed by atoms with Gasteiger partial charge in [0.1, 0.15) is 0 Å². The molecule has 2 rings (SSSR count). The number of sulfonamides is 1. The molecule has 110 valence electrons. The van der Waals surface area contributed by atoms with Crippen molar-refractivity contribution in [2.75, 3.05) is 37.3 Å². The van der Waals surface area contributed by atoms with E-state index in [0.29, 0.717) is 43.1 Å². The summed E-state index contributed by atoms with van der Waals surface area (Å²) < 4.78 is 30.3. The number of carbonyl (C=O) groups excluding carboxylic acids is 1. The summed E-state index contributed by atoms with van der Waals surface area (Å²) in [7, 11) is -3.36. The molecule has 0 saturated carbocycles. The Balaban J connectivity index is 2.28. The number of amides is 1. The van der Waals surface area contributed by atoms with E-state index in [4.69, 9.17) is 4.74 Å². The van der Waals surface area contributed by atoms with Gasteiger partial charge in [-0.1, -0.05) is 6.07 Å². The van der Waals surface area contributed by atoms with E-state index in [1.54, 1.807) is 30.0 Å². The van der Waals surface area contributed by atoms with Gasteiger partial charge in [0, 0.05) is 18.7 Å². The molecule has 1 N–H and O–H groups in total. The summed E-state index contributed by atoms with van der Waals surface area (Å²) in [6.07, 6.45) is 1.09. The van der Waals surface area contributed by atoms with Gasteiger partial charge in [0.2, 0.25) is 10.0 Å². The molecule has 7 heteroatoms. The molecule has 1 aliphatic rings. The molecule has 1 amide bonds. The Kier molecular flexibility index (Phi) is 4.29. The third-order valence-electron chi connectivity index (χ3n) is 3.16. The summed E-state index contributed by atoms with van der Waals surface area (Å²) in [6.45, 7) is 3.92. The van der Waals surface area contributed by atoms with Crippen molar-refractivity contribution in [2.24, 2.45) is 0 Å². The molecule has 1 aliphatic heterocycles. The van der Waals surface area contributed by atoms with E-state index < -0.39 is 10.0 Å². The van der Waals surface area contributed by atoms with Crippen molar-refractivity contribution in [1.82, 2.24) is 4.90 Å². The zero-order valence-electron chi connectivity index (χ0n) is 11.5. The monoisotopic (exact) mass is 298 g/mol. The highest BCUT2D eigenvalue weighted by Crippen LogP contribution is 2.21. The van der Waals surface area contributed by atoms with Crippen molar-refractivity contribution in [3.63, 3.8) is 0 Å². The molecule has 0 aromatic heterocycles. The first-order chi connectivity index (χ1) is 9.38. The molecular weight excluding hydrogens is 280 g/mol. The van der Waals surface area contributed by atoms with E-state index in [1.807, 2.05) is 0 Å². The van der Waals surface area contributed by atoms with Gasteiger partial charge in [0.05, 0.1) is 25.2 Å². The van der Waals surface area contributed by atoms with Crippen LogP contribution in [0.4, 0.5) is 5.69 Å². The standard InChI is InChI=1S/C13H18N2O4S/c1-10-11(13(16)15-6-8-19-9-7-15)4-3-5-12(10)14-20(2,17)18/h3-5,14H,6-9H2,1-2H3. The van der Waals surface area contributed by atoms with Crippen LogP contribution in [0.3, 0.4) is 0 Å². The summed E-state index contributed by atoms with van der Waals surface area (Å²) in [6, 6.07) is 5.03. The fraction of sp³-hybridized carbons (Fsp3) is 0.462. The molecular formula is C13H18N2O4S. The largest absolute Gasteiger partial charge is 0.378 e. The fourth-order valence-corrected chi connectivity index (χ4v) is 2.74. The topological polar surface area (TPSA) is 75.7 Å². The highest BCUT2D eigenvalue weighted by atomic mass is 32.2. The van der Waals surface area contributed by atoms with E-state index >= 15 is 0 Å². The molecule has 1 saturated heterocycles. The summed E-state index contributed by atoms with van der Waals surface area (Å²) in [5, 5.41) is 0. The van der Waals surface area contributed by atoms with E-state index in [9.17, 15) is 13.2 Å². The lowest BCUT2D eigenvalue weighted by Gasteiger charge is -2.27. The number of rotatable bonds is 3. The van der Waals surface area contributed by atoms with Crippen molar-refractivity contribution in [2.45, 2.75) is 6.92 Å². The van der Waals surface area contributed by atoms with Gasteiger partial charge < -0.3 is 9.64 Å². The number of carbonyl (C=O) groups is 1. The molecule has 0 unspecified atom stereocenters. The zero-order valence-corrected chi connectivity index (χ0v) is 12.4. The zero-order chi connectivity index (χ0) is 14.8. The van der Waals surface area contributed by atoms with Gasteiger partial charge in [-0.25, -0.2) is 8.42 Å². The molecule has 1 heterocycles. The third-order valence-corrected chi connectivity index (χ3v) is 3.75. The van der Waals surface area contributed by atoms with Crippen LogP contribution in [0.1, 0.15) is 15.9 Å². The number of anilines is 1. The molecule has 0 aliphatic carbocycles. The Labute approximate surface area is 118 Å². The molecule has 0 atom stereocenters. The normalized spacial score (nSPS) is 16.0. The fourth-order valence-electron chi connectivity index (χ4n) is 2.11. The minimum absolute atomic E-state index is 0.0945. The number of hydrogen-bond acceptors (Lipinski definition) is 4. The maximum absolute atomic E-state index is 12.4. The van der Waals surface area contributed by atoms with Crippen LogP contribution < -0.4 is 4.72 Å². The number of morpholine rings is 1. The van der Waals surface area contributed by atoms with Gasteiger partial charge in [-0.15, -0.1) is 0 Å². The Morgan fingerprint density at radius 1 is 1.30 bits per heavy atom. The second-order valence-electron chi connectivity index (χ2n) is 4.76. The Bertz CT molecular complexity index is 607. The Morgan fingerprint density at radius 2 is 1.95 bits per heavy atom. The van der Waals surface area contributed by atoms with Gasteiger partial charge in [0.15, 0.2) is 0 Å². The minimum Gasteiger partial charge on any atom is -0.378 e. The molecule has 1 aromatic carbocycles. The van der Waals surface area contributed by atoms with Crippen LogP contribution in [0, 0.1) is 6.92 Å². The SMILES string of the molecule is Cc1c(NS(C)(=O)=O)cccc1C(=O)N1CCOCC1. The molecule has 1 fully saturated rings. The van der Waals surface area contributed by atoms with Crippen molar-refractivity contribution >= 4 is 21.6 Å². The van der Waals surface area contributed by atoms with Crippen LogP contribution >= 0.6 is 0 Å². The second-order valence-corrected chi connectivity index (χ2v) is 6.51. The first-order valence-corrected chi connectivity index (χ1v) is 8.22. The summed E-state index contributed by atoms with van der Waals surface area (Å²) >= 11 is 0. The number of hydrogen-bond donors (Lipinski definition) is 1. The lowest BCUT2D eigenvalue weighted by Crippen LogP contribution is -2.41. The minimum atomic E-state index is -3.36. The number of nitrogens with one attached hydrogen (secondary N) is 1. The van der Waals surface area contributed by atoms with Crippen LogP contribution in [0.15, 0.2) is 18.2 Å². The van der Waals surface area contributed by atoms with E-state index in [1.165, 1.54) is 0 Å². The predicted molar refractivity (Wildman–Crippen MR) is 76.4 cm³/mol. The van der Waals surface area contributed by atoms with Gasteiger partial charge in [0.25, 0.3) is 5.91 Å². The molecule has 0 bridgehead atoms. The van der Waals surface area contributed by atoms with Crippen LogP contribution in [0.2, 0.25) is 0 Å². The highest BCUT2D eigenvalue weighted by Gasteiger charge is 2.21. The van der Waals surface area contributed by atoms with Crippen molar-refractivity contribution < 1.29 is 17.9 Å². The maximum atomic E-state index is 12.4. The molecule has 6 nitrogen and oxygen atoms in total. The predicted octanol–water partition coefficient (Wildman–Crippen LogP) is 0.839. The summed E-state index contributed by atoms with van der Waals surface area (Å²) in [5.74, 6) is -0.0945. The van der Waals surface area contributed by atoms with Crippen LogP contribution in [0.25, 0.3) is 0 Å². The second kappa shape index (κ2) is 5.80. The van der Waals surface area contributed by atoms with Gasteiger partial charge >= 0.3 is 0 Å². The van der Waals surface area contributed by atoms with Gasteiger partial charge in [-0.3, -0.25) is 9.52 Å². The van der Waals surface area contributed by atoms with Crippen LogP contribution in [-0.4, -0.2) is 51.8 Å². The van der Waals surface area contributed by atoms with Crippen molar-refractivity contribution in [3.05, 3.63) is 29.3 Å². The summed E-state index contributed by atoms with van der Waals surface area (Å²) in [5.41, 5.74) is 1.58. The van der Waals surface area contributed by atoms with Crippen LogP contribution in [-0.2, 0) is 14.8 Å². The van der Waals surface area contributed by atoms with E-state index in [0.717, 1.165) is 6.26 Å². The van der Waals surface area contributed by atoms with E-state index in [-0.39, 0.29) is 5.91 Å². The molecule has 20 heavy (non-hydrogen) atoms. The first kappa shape index (κ1) is 14.8. The number of ether oxygens (including phenoxy) is 1. The summed E-state index contributed by atoms with van der Waals surface area (Å²) in [4.78, 5) is 14.1. The molecule has 1 aromatic rings.